The molecule has 2 fully saturated rings. The van der Waals surface area contributed by atoms with Gasteiger partial charge in [0.1, 0.15) is 4.21 Å². The number of thiophene rings is 1. The van der Waals surface area contributed by atoms with Crippen molar-refractivity contribution in [3.8, 4) is 0 Å². The molecule has 2 aliphatic heterocycles. The van der Waals surface area contributed by atoms with Crippen molar-refractivity contribution in [3.63, 3.8) is 0 Å². The third kappa shape index (κ3) is 5.72. The Bertz CT molecular complexity index is 999. The number of carbonyl (C=O) groups is 1. The van der Waals surface area contributed by atoms with E-state index in [-0.39, 0.29) is 11.8 Å². The Labute approximate surface area is 202 Å². The number of rotatable bonds is 7. The summed E-state index contributed by atoms with van der Waals surface area (Å²) in [5, 5.41) is 3.06. The van der Waals surface area contributed by atoms with Crippen LogP contribution in [0.2, 0.25) is 0 Å². The molecule has 0 spiro atoms. The van der Waals surface area contributed by atoms with Gasteiger partial charge in [-0.25, -0.2) is 8.42 Å². The molecule has 0 saturated carbocycles. The third-order valence-electron chi connectivity index (χ3n) is 6.19. The van der Waals surface area contributed by atoms with Crippen LogP contribution in [-0.2, 0) is 14.8 Å². The van der Waals surface area contributed by atoms with Gasteiger partial charge in [-0.15, -0.1) is 11.3 Å². The first-order chi connectivity index (χ1) is 15.4. The number of piperazine rings is 1. The number of hydrogen-bond acceptors (Lipinski definition) is 6. The van der Waals surface area contributed by atoms with E-state index in [2.05, 4.69) is 55.3 Å². The number of hydrogen-bond donors (Lipinski definition) is 1. The standard InChI is InChI=1S/C22H29BrN4O3S2/c23-20-6-7-21(31-20)32(29,30)27-11-8-18(9-12-27)22(28)24-10-13-25-14-16-26(17-15-25)19-4-2-1-3-5-19/h1-7,18H,8-17H2,(H,24,28). The van der Waals surface area contributed by atoms with Crippen LogP contribution < -0.4 is 10.2 Å². The number of halogens is 1. The molecule has 10 heteroatoms. The first kappa shape index (κ1) is 23.7. The van der Waals surface area contributed by atoms with Gasteiger partial charge in [0.2, 0.25) is 5.91 Å². The molecular formula is C22H29BrN4O3S2. The molecule has 1 aromatic carbocycles. The molecule has 4 rings (SSSR count). The Morgan fingerprint density at radius 3 is 2.31 bits per heavy atom. The van der Waals surface area contributed by atoms with Crippen LogP contribution in [0.1, 0.15) is 12.8 Å². The molecule has 1 N–H and O–H groups in total. The topological polar surface area (TPSA) is 73.0 Å². The fourth-order valence-corrected chi connectivity index (χ4v) is 7.91. The number of sulfonamides is 1. The molecule has 32 heavy (non-hydrogen) atoms. The largest absolute Gasteiger partial charge is 0.369 e. The summed E-state index contributed by atoms with van der Waals surface area (Å²) in [5.74, 6) is -0.0738. The van der Waals surface area contributed by atoms with Crippen LogP contribution in [0.3, 0.4) is 0 Å². The molecule has 174 valence electrons. The average molecular weight is 542 g/mol. The SMILES string of the molecule is O=C(NCCN1CCN(c2ccccc2)CC1)C1CCN(S(=O)(=O)c2ccc(Br)s2)CC1. The summed E-state index contributed by atoms with van der Waals surface area (Å²) in [5.41, 5.74) is 1.26. The van der Waals surface area contributed by atoms with Crippen molar-refractivity contribution >= 4 is 48.9 Å². The molecule has 0 radical (unpaired) electrons. The zero-order valence-corrected chi connectivity index (χ0v) is 21.2. The van der Waals surface area contributed by atoms with Gasteiger partial charge in [-0.3, -0.25) is 9.69 Å². The van der Waals surface area contributed by atoms with Crippen LogP contribution in [-0.4, -0.2) is 75.9 Å². The molecule has 2 aromatic rings. The predicted molar refractivity (Wildman–Crippen MR) is 132 cm³/mol. The van der Waals surface area contributed by atoms with Crippen molar-refractivity contribution in [1.29, 1.82) is 0 Å². The summed E-state index contributed by atoms with van der Waals surface area (Å²) >= 11 is 4.54. The van der Waals surface area contributed by atoms with Crippen LogP contribution >= 0.6 is 27.3 Å². The molecular weight excluding hydrogens is 512 g/mol. The van der Waals surface area contributed by atoms with Crippen molar-refractivity contribution in [3.05, 3.63) is 46.3 Å². The molecule has 0 unspecified atom stereocenters. The van der Waals surface area contributed by atoms with E-state index >= 15 is 0 Å². The third-order valence-corrected chi connectivity index (χ3v) is 10.2. The lowest BCUT2D eigenvalue weighted by atomic mass is 9.97. The quantitative estimate of drug-likeness (QED) is 0.584. The summed E-state index contributed by atoms with van der Waals surface area (Å²) in [6.45, 7) is 6.20. The van der Waals surface area contributed by atoms with E-state index in [0.717, 1.165) is 36.5 Å². The van der Waals surface area contributed by atoms with Gasteiger partial charge in [-0.2, -0.15) is 4.31 Å². The summed E-state index contributed by atoms with van der Waals surface area (Å²) in [6.07, 6.45) is 1.13. The van der Waals surface area contributed by atoms with Gasteiger partial charge in [-0.1, -0.05) is 18.2 Å². The van der Waals surface area contributed by atoms with Crippen LogP contribution in [0.4, 0.5) is 5.69 Å². The highest BCUT2D eigenvalue weighted by Crippen LogP contribution is 2.30. The molecule has 0 bridgehead atoms. The Morgan fingerprint density at radius 2 is 1.69 bits per heavy atom. The number of para-hydroxylation sites is 1. The van der Waals surface area contributed by atoms with Gasteiger partial charge in [0, 0.05) is 64.0 Å². The van der Waals surface area contributed by atoms with Crippen LogP contribution in [0.15, 0.2) is 50.5 Å². The second-order valence-electron chi connectivity index (χ2n) is 8.19. The number of anilines is 1. The fourth-order valence-electron chi connectivity index (χ4n) is 4.27. The molecule has 1 amide bonds. The zero-order valence-electron chi connectivity index (χ0n) is 18.0. The lowest BCUT2D eigenvalue weighted by molar-refractivity contribution is -0.126. The molecule has 0 aliphatic carbocycles. The maximum absolute atomic E-state index is 12.7. The van der Waals surface area contributed by atoms with Gasteiger partial charge in [0.25, 0.3) is 10.0 Å². The van der Waals surface area contributed by atoms with Gasteiger partial charge < -0.3 is 10.2 Å². The molecule has 3 heterocycles. The Morgan fingerprint density at radius 1 is 1.00 bits per heavy atom. The lowest BCUT2D eigenvalue weighted by Gasteiger charge is -2.36. The number of carbonyl (C=O) groups excluding carboxylic acids is 1. The van der Waals surface area contributed by atoms with Crippen LogP contribution in [0.5, 0.6) is 0 Å². The van der Waals surface area contributed by atoms with Gasteiger partial charge in [0.15, 0.2) is 0 Å². The summed E-state index contributed by atoms with van der Waals surface area (Å²) < 4.78 is 28.1. The summed E-state index contributed by atoms with van der Waals surface area (Å²) in [7, 11) is -3.47. The maximum atomic E-state index is 12.7. The van der Waals surface area contributed by atoms with Gasteiger partial charge in [-0.05, 0) is 53.0 Å². The lowest BCUT2D eigenvalue weighted by Crippen LogP contribution is -2.49. The van der Waals surface area contributed by atoms with Gasteiger partial charge >= 0.3 is 0 Å². The fraction of sp³-hybridized carbons (Fsp3) is 0.500. The minimum Gasteiger partial charge on any atom is -0.369 e. The number of nitrogens with zero attached hydrogens (tertiary/aromatic N) is 3. The van der Waals surface area contributed by atoms with E-state index in [1.807, 2.05) is 6.07 Å². The average Bonchev–Trinajstić information content (AvgIpc) is 3.27. The van der Waals surface area contributed by atoms with E-state index in [9.17, 15) is 13.2 Å². The monoisotopic (exact) mass is 540 g/mol. The molecule has 2 aliphatic rings. The van der Waals surface area contributed by atoms with Crippen molar-refractivity contribution in [1.82, 2.24) is 14.5 Å². The van der Waals surface area contributed by atoms with Gasteiger partial charge in [0.05, 0.1) is 3.79 Å². The van der Waals surface area contributed by atoms with E-state index in [1.54, 1.807) is 12.1 Å². The first-order valence-electron chi connectivity index (χ1n) is 11.0. The molecule has 1 aromatic heterocycles. The molecule has 2 saturated heterocycles. The maximum Gasteiger partial charge on any atom is 0.252 e. The van der Waals surface area contributed by atoms with E-state index in [1.165, 1.54) is 21.3 Å². The second-order valence-corrected chi connectivity index (χ2v) is 12.8. The molecule has 7 nitrogen and oxygen atoms in total. The Balaban J connectivity index is 1.16. The normalized spacial score (nSPS) is 19.2. The Hall–Kier alpha value is -1.46. The van der Waals surface area contributed by atoms with Crippen molar-refractivity contribution in [2.45, 2.75) is 17.1 Å². The number of piperidine rings is 1. The van der Waals surface area contributed by atoms with Crippen molar-refractivity contribution in [2.24, 2.45) is 5.92 Å². The highest BCUT2D eigenvalue weighted by atomic mass is 79.9. The highest BCUT2D eigenvalue weighted by molar-refractivity contribution is 9.11. The second kappa shape index (κ2) is 10.6. The van der Waals surface area contributed by atoms with Crippen LogP contribution in [0, 0.1) is 5.92 Å². The minimum absolute atomic E-state index is 0.0452. The number of nitrogens with one attached hydrogen (secondary N) is 1. The van der Waals surface area contributed by atoms with Crippen molar-refractivity contribution in [2.75, 3.05) is 57.3 Å². The molecule has 0 atom stereocenters. The Kier molecular flexibility index (Phi) is 7.88. The summed E-state index contributed by atoms with van der Waals surface area (Å²) in [6, 6.07) is 13.8. The van der Waals surface area contributed by atoms with Crippen LogP contribution in [0.25, 0.3) is 0 Å². The number of amides is 1. The smallest absolute Gasteiger partial charge is 0.252 e. The van der Waals surface area contributed by atoms with E-state index in [0.29, 0.717) is 36.7 Å². The first-order valence-corrected chi connectivity index (χ1v) is 14.0. The number of benzene rings is 1. The predicted octanol–water partition coefficient (Wildman–Crippen LogP) is 2.85. The highest BCUT2D eigenvalue weighted by Gasteiger charge is 2.32. The summed E-state index contributed by atoms with van der Waals surface area (Å²) in [4.78, 5) is 17.4. The zero-order chi connectivity index (χ0) is 22.6. The van der Waals surface area contributed by atoms with Crippen molar-refractivity contribution < 1.29 is 13.2 Å². The van der Waals surface area contributed by atoms with E-state index < -0.39 is 10.0 Å². The minimum atomic E-state index is -3.47. The van der Waals surface area contributed by atoms with E-state index in [4.69, 9.17) is 0 Å².